The number of halogens is 1. The molecule has 0 aliphatic carbocycles. The minimum atomic E-state index is -4.67. The predicted molar refractivity (Wildman–Crippen MR) is 37.4 cm³/mol. The molecule has 0 bridgehead atoms. The third-order valence-electron chi connectivity index (χ3n) is 0. The van der Waals surface area contributed by atoms with Gasteiger partial charge in [-0.15, -0.1) is 12.4 Å². The molecule has 0 aromatic carbocycles. The third kappa shape index (κ3) is 61.8. The van der Waals surface area contributed by atoms with E-state index in [0.717, 1.165) is 0 Å². The summed E-state index contributed by atoms with van der Waals surface area (Å²) in [5.41, 5.74) is 0. The second-order valence-electron chi connectivity index (χ2n) is 0.448. The second kappa shape index (κ2) is 10.1. The Morgan fingerprint density at radius 1 is 1.12 bits per heavy atom. The molecule has 0 amide bonds. The molecule has 4 nitrogen and oxygen atoms in total. The minimum Gasteiger partial charge on any atom is -1.00 e. The summed E-state index contributed by atoms with van der Waals surface area (Å²) in [5.74, 6) is 0. The zero-order valence-electron chi connectivity index (χ0n) is 7.94. The van der Waals surface area contributed by atoms with Gasteiger partial charge in [-0.3, -0.25) is 9.11 Å². The van der Waals surface area contributed by atoms with Gasteiger partial charge in [0.25, 0.3) is 0 Å². The standard InChI is InChI=1S/ClH.H2O4S.2Sr.4H/c;1-5(2,3)4;;;;;;/h1H;(H2,1,2,3,4);;;;;;/q;;2*+2;4*-1. The number of hydrogen-bond donors (Lipinski definition) is 2. The molecule has 0 aromatic rings. The van der Waals surface area contributed by atoms with E-state index in [-0.39, 0.29) is 109 Å². The van der Waals surface area contributed by atoms with Crippen molar-refractivity contribution in [3.8, 4) is 0 Å². The maximum absolute atomic E-state index is 8.74. The second-order valence-corrected chi connectivity index (χ2v) is 1.34. The Morgan fingerprint density at radius 2 is 1.12 bits per heavy atom. The SMILES string of the molecule is Cl.O=S(=O)(O)O.[H-].[H-].[H-].[H-].[Sr+2].[Sr+2]. The smallest absolute Gasteiger partial charge is 1.00 e. The predicted octanol–water partition coefficient (Wildman–Crippen LogP) is -0.543. The van der Waals surface area contributed by atoms with Crippen LogP contribution in [-0.4, -0.2) is 108 Å². The quantitative estimate of drug-likeness (QED) is 0.465. The van der Waals surface area contributed by atoms with E-state index >= 15 is 0 Å². The molecular weight excluding hydrogens is 307 g/mol. The summed E-state index contributed by atoms with van der Waals surface area (Å²) < 4.78 is 31.6. The fraction of sp³-hybridized carbons (Fsp3) is 0. The van der Waals surface area contributed by atoms with Gasteiger partial charge in [-0.2, -0.15) is 8.42 Å². The van der Waals surface area contributed by atoms with E-state index in [1.807, 2.05) is 0 Å². The van der Waals surface area contributed by atoms with Crippen LogP contribution in [0.2, 0.25) is 0 Å². The molecule has 0 heterocycles. The van der Waals surface area contributed by atoms with Gasteiger partial charge < -0.3 is 5.71 Å². The first-order chi connectivity index (χ1) is 2.00. The Morgan fingerprint density at radius 3 is 1.12 bits per heavy atom. The van der Waals surface area contributed by atoms with Crippen molar-refractivity contribution in [1.82, 2.24) is 0 Å². The van der Waals surface area contributed by atoms with Crippen molar-refractivity contribution in [2.24, 2.45) is 0 Å². The molecule has 0 aromatic heterocycles. The molecule has 0 aliphatic heterocycles. The molecule has 0 unspecified atom stereocenters. The molecule has 8 heteroatoms. The van der Waals surface area contributed by atoms with Crippen LogP contribution in [0.25, 0.3) is 0 Å². The largest absolute Gasteiger partial charge is 2.00 e. The Labute approximate surface area is 134 Å². The normalized spacial score (nSPS) is 7.25. The fourth-order valence-electron chi connectivity index (χ4n) is 0. The van der Waals surface area contributed by atoms with Crippen LogP contribution in [0.15, 0.2) is 0 Å². The van der Waals surface area contributed by atoms with Gasteiger partial charge in [-0.1, -0.05) is 0 Å². The van der Waals surface area contributed by atoms with E-state index in [4.69, 9.17) is 17.5 Å². The summed E-state index contributed by atoms with van der Waals surface area (Å²) >= 11 is 0. The maximum atomic E-state index is 8.74. The van der Waals surface area contributed by atoms with Crippen LogP contribution in [0.3, 0.4) is 0 Å². The van der Waals surface area contributed by atoms with Crippen LogP contribution in [-0.2, 0) is 10.4 Å². The molecule has 0 fully saturated rings. The van der Waals surface area contributed by atoms with Crippen LogP contribution in [0.1, 0.15) is 5.71 Å². The zero-order chi connectivity index (χ0) is 4.50. The van der Waals surface area contributed by atoms with E-state index in [1.165, 1.54) is 0 Å². The van der Waals surface area contributed by atoms with E-state index in [9.17, 15) is 0 Å². The molecule has 0 aliphatic rings. The van der Waals surface area contributed by atoms with Crippen LogP contribution in [0.4, 0.5) is 0 Å². The third-order valence-corrected chi connectivity index (χ3v) is 0. The van der Waals surface area contributed by atoms with Gasteiger partial charge in [0.15, 0.2) is 0 Å². The first-order valence-corrected chi connectivity index (χ1v) is 2.10. The molecule has 2 N–H and O–H groups in total. The molecule has 0 atom stereocenters. The van der Waals surface area contributed by atoms with Gasteiger partial charge in [0.05, 0.1) is 0 Å². The summed E-state index contributed by atoms with van der Waals surface area (Å²) in [5, 5.41) is 0. The van der Waals surface area contributed by atoms with Crippen molar-refractivity contribution in [2.45, 2.75) is 0 Å². The average molecular weight is 314 g/mol. The van der Waals surface area contributed by atoms with E-state index in [1.54, 1.807) is 0 Å². The topological polar surface area (TPSA) is 74.6 Å². The fourth-order valence-corrected chi connectivity index (χ4v) is 0. The van der Waals surface area contributed by atoms with Crippen molar-refractivity contribution >= 4 is 114 Å². The minimum absolute atomic E-state index is 0. The monoisotopic (exact) mass is 314 g/mol. The molecule has 0 saturated heterocycles. The van der Waals surface area contributed by atoms with Gasteiger partial charge in [0.2, 0.25) is 0 Å². The first-order valence-electron chi connectivity index (χ1n) is 0.698. The summed E-state index contributed by atoms with van der Waals surface area (Å²) in [6, 6.07) is 0. The van der Waals surface area contributed by atoms with Gasteiger partial charge >= 0.3 is 101 Å². The van der Waals surface area contributed by atoms with Gasteiger partial charge in [0, 0.05) is 0 Å². The molecule has 48 valence electrons. The summed E-state index contributed by atoms with van der Waals surface area (Å²) in [6.07, 6.45) is 0. The van der Waals surface area contributed by atoms with Crippen LogP contribution < -0.4 is 0 Å². The molecule has 0 saturated carbocycles. The van der Waals surface area contributed by atoms with Crippen LogP contribution in [0.5, 0.6) is 0 Å². The van der Waals surface area contributed by atoms with Crippen LogP contribution >= 0.6 is 12.4 Å². The molecule has 0 spiro atoms. The summed E-state index contributed by atoms with van der Waals surface area (Å²) in [4.78, 5) is 0. The van der Waals surface area contributed by atoms with E-state index in [2.05, 4.69) is 0 Å². The summed E-state index contributed by atoms with van der Waals surface area (Å²) in [7, 11) is -4.67. The van der Waals surface area contributed by atoms with Gasteiger partial charge in [-0.25, -0.2) is 0 Å². The van der Waals surface area contributed by atoms with E-state index < -0.39 is 10.4 Å². The molecular formula is H7ClO4SSr2. The van der Waals surface area contributed by atoms with E-state index in [0.29, 0.717) is 0 Å². The van der Waals surface area contributed by atoms with Gasteiger partial charge in [0.1, 0.15) is 0 Å². The Hall–Kier alpha value is 3.12. The molecule has 8 heavy (non-hydrogen) atoms. The van der Waals surface area contributed by atoms with Crippen molar-refractivity contribution in [1.29, 1.82) is 0 Å². The number of rotatable bonds is 0. The number of hydrogen-bond acceptors (Lipinski definition) is 2. The van der Waals surface area contributed by atoms with Crippen molar-refractivity contribution in [3.63, 3.8) is 0 Å². The molecule has 0 radical (unpaired) electrons. The van der Waals surface area contributed by atoms with Crippen molar-refractivity contribution in [2.75, 3.05) is 0 Å². The zero-order valence-corrected chi connectivity index (χ0v) is 12.5. The van der Waals surface area contributed by atoms with Crippen molar-refractivity contribution < 1.29 is 23.2 Å². The molecule has 0 rings (SSSR count). The summed E-state index contributed by atoms with van der Waals surface area (Å²) in [6.45, 7) is 0. The Bertz CT molecular complexity index is 108. The van der Waals surface area contributed by atoms with Crippen LogP contribution in [0, 0.1) is 0 Å². The van der Waals surface area contributed by atoms with Gasteiger partial charge in [-0.05, 0) is 0 Å². The Kier molecular flexibility index (Phi) is 28.4. The first kappa shape index (κ1) is 22.5. The maximum Gasteiger partial charge on any atom is 2.00 e. The van der Waals surface area contributed by atoms with Crippen molar-refractivity contribution in [3.05, 3.63) is 0 Å². The average Bonchev–Trinajstić information content (AvgIpc) is 0.722. The Balaban J connectivity index is -0.00000000381.